The minimum absolute atomic E-state index is 0.000938. The van der Waals surface area contributed by atoms with Crippen LogP contribution in [0.3, 0.4) is 0 Å². The molecule has 37 heavy (non-hydrogen) atoms. The van der Waals surface area contributed by atoms with Gasteiger partial charge in [-0.15, -0.1) is 0 Å². The summed E-state index contributed by atoms with van der Waals surface area (Å²) in [4.78, 5) is 4.42. The van der Waals surface area contributed by atoms with Crippen molar-refractivity contribution in [2.24, 2.45) is 17.3 Å². The lowest BCUT2D eigenvalue weighted by Crippen LogP contribution is -2.52. The van der Waals surface area contributed by atoms with Crippen molar-refractivity contribution in [2.45, 2.75) is 38.8 Å². The third kappa shape index (κ3) is 4.62. The van der Waals surface area contributed by atoms with Crippen LogP contribution in [-0.4, -0.2) is 54.4 Å². The van der Waals surface area contributed by atoms with Crippen LogP contribution in [0.25, 0.3) is 0 Å². The van der Waals surface area contributed by atoms with Gasteiger partial charge in [-0.3, -0.25) is 4.90 Å². The number of benzene rings is 2. The van der Waals surface area contributed by atoms with Gasteiger partial charge < -0.3 is 20.2 Å². The van der Waals surface area contributed by atoms with E-state index >= 15 is 0 Å². The van der Waals surface area contributed by atoms with Crippen molar-refractivity contribution in [3.05, 3.63) is 88.1 Å². The average Bonchev–Trinajstić information content (AvgIpc) is 3.62. The van der Waals surface area contributed by atoms with E-state index in [1.807, 2.05) is 43.3 Å². The van der Waals surface area contributed by atoms with Gasteiger partial charge in [0, 0.05) is 66.6 Å². The van der Waals surface area contributed by atoms with Crippen molar-refractivity contribution in [2.75, 3.05) is 33.8 Å². The molecule has 0 radical (unpaired) electrons. The Morgan fingerprint density at radius 2 is 2.05 bits per heavy atom. The van der Waals surface area contributed by atoms with Crippen molar-refractivity contribution in [1.29, 1.82) is 5.41 Å². The highest BCUT2D eigenvalue weighted by atomic mass is 35.5. The number of likely N-dealkylation sites (tertiary alicyclic amines) is 1. The molecule has 3 unspecified atom stereocenters. The minimum Gasteiger partial charge on any atom is -0.496 e. The molecule has 2 aromatic carbocycles. The van der Waals surface area contributed by atoms with Crippen molar-refractivity contribution < 1.29 is 9.84 Å². The Balaban J connectivity index is 1.46. The summed E-state index contributed by atoms with van der Waals surface area (Å²) >= 11 is 6.50. The van der Waals surface area contributed by atoms with Crippen LogP contribution >= 0.6 is 11.6 Å². The molecule has 3 aliphatic rings. The SMILES string of the molecule is CCc1ccc(C(C)(O)N2CCC3(CC3C(=N)c3ccccc3Cl)[C@@H](C3=CN(C)CC=C3)C2)cc1OC. The zero-order valence-electron chi connectivity index (χ0n) is 22.3. The van der Waals surface area contributed by atoms with E-state index in [1.54, 1.807) is 7.11 Å². The third-order valence-electron chi connectivity index (χ3n) is 8.88. The number of likely N-dealkylation sites (N-methyl/N-ethyl adjacent to an activating group) is 1. The first-order valence-electron chi connectivity index (χ1n) is 13.3. The topological polar surface area (TPSA) is 59.8 Å². The minimum atomic E-state index is -1.13. The molecule has 4 atom stereocenters. The molecule has 0 aromatic heterocycles. The fraction of sp³-hybridized carbons (Fsp3) is 0.452. The molecule has 0 bridgehead atoms. The maximum absolute atomic E-state index is 11.9. The first kappa shape index (κ1) is 26.0. The molecule has 2 aliphatic heterocycles. The van der Waals surface area contributed by atoms with Gasteiger partial charge in [-0.1, -0.05) is 61.0 Å². The van der Waals surface area contributed by atoms with Crippen molar-refractivity contribution >= 4 is 17.3 Å². The van der Waals surface area contributed by atoms with Crippen molar-refractivity contribution in [1.82, 2.24) is 9.80 Å². The summed E-state index contributed by atoms with van der Waals surface area (Å²) in [5, 5.41) is 21.6. The van der Waals surface area contributed by atoms with E-state index in [0.29, 0.717) is 10.7 Å². The highest BCUT2D eigenvalue weighted by Crippen LogP contribution is 2.65. The average molecular weight is 520 g/mol. The van der Waals surface area contributed by atoms with Crippen LogP contribution in [0, 0.1) is 22.7 Å². The molecule has 1 saturated heterocycles. The number of methoxy groups -OCH3 is 1. The number of nitrogens with zero attached hydrogens (tertiary/aromatic N) is 2. The Morgan fingerprint density at radius 1 is 1.27 bits per heavy atom. The van der Waals surface area contributed by atoms with Gasteiger partial charge in [0.1, 0.15) is 11.5 Å². The molecule has 1 saturated carbocycles. The number of piperidine rings is 1. The number of aryl methyl sites for hydroxylation is 1. The van der Waals surface area contributed by atoms with E-state index in [9.17, 15) is 5.11 Å². The first-order chi connectivity index (χ1) is 17.7. The van der Waals surface area contributed by atoms with Gasteiger partial charge in [-0.25, -0.2) is 0 Å². The zero-order valence-corrected chi connectivity index (χ0v) is 23.1. The summed E-state index contributed by atoms with van der Waals surface area (Å²) < 4.78 is 5.63. The van der Waals surface area contributed by atoms with Crippen molar-refractivity contribution in [3.8, 4) is 5.75 Å². The van der Waals surface area contributed by atoms with E-state index in [0.717, 1.165) is 61.3 Å². The zero-order chi connectivity index (χ0) is 26.4. The fourth-order valence-electron chi connectivity index (χ4n) is 6.51. The Kier molecular flexibility index (Phi) is 6.99. The van der Waals surface area contributed by atoms with Gasteiger partial charge in [0.25, 0.3) is 0 Å². The summed E-state index contributed by atoms with van der Waals surface area (Å²) in [6.07, 6.45) is 9.49. The van der Waals surface area contributed by atoms with Crippen LogP contribution < -0.4 is 4.74 Å². The number of allylic oxidation sites excluding steroid dienone is 1. The summed E-state index contributed by atoms with van der Waals surface area (Å²) in [7, 11) is 3.79. The monoisotopic (exact) mass is 519 g/mol. The Bertz CT molecular complexity index is 1250. The summed E-state index contributed by atoms with van der Waals surface area (Å²) in [6.45, 7) is 6.39. The van der Waals surface area contributed by atoms with E-state index in [4.69, 9.17) is 21.7 Å². The Labute approximate surface area is 225 Å². The second-order valence-corrected chi connectivity index (χ2v) is 11.4. The quantitative estimate of drug-likeness (QED) is 0.450. The molecular formula is C31H38ClN3O2. The largest absolute Gasteiger partial charge is 0.496 e. The lowest BCUT2D eigenvalue weighted by atomic mass is 9.74. The molecule has 2 aromatic rings. The maximum atomic E-state index is 11.9. The first-order valence-corrected chi connectivity index (χ1v) is 13.7. The van der Waals surface area contributed by atoms with Gasteiger partial charge in [0.05, 0.1) is 7.11 Å². The number of halogens is 1. The van der Waals surface area contributed by atoms with Gasteiger partial charge in [-0.2, -0.15) is 0 Å². The summed E-state index contributed by atoms with van der Waals surface area (Å²) in [5.74, 6) is 1.19. The second kappa shape index (κ2) is 9.94. The third-order valence-corrected chi connectivity index (χ3v) is 9.21. The van der Waals surface area contributed by atoms with Crippen molar-refractivity contribution in [3.63, 3.8) is 0 Å². The van der Waals surface area contributed by atoms with E-state index < -0.39 is 5.72 Å². The smallest absolute Gasteiger partial charge is 0.141 e. The second-order valence-electron chi connectivity index (χ2n) is 11.0. The number of nitrogens with one attached hydrogen (secondary N) is 1. The maximum Gasteiger partial charge on any atom is 0.141 e. The Morgan fingerprint density at radius 3 is 2.76 bits per heavy atom. The van der Waals surface area contributed by atoms with E-state index in [1.165, 1.54) is 5.57 Å². The number of hydrogen-bond acceptors (Lipinski definition) is 5. The van der Waals surface area contributed by atoms with E-state index in [-0.39, 0.29) is 17.3 Å². The van der Waals surface area contributed by atoms with Gasteiger partial charge in [0.2, 0.25) is 0 Å². The summed E-state index contributed by atoms with van der Waals surface area (Å²) in [5.41, 5.74) is 3.61. The molecule has 6 heteroatoms. The predicted molar refractivity (Wildman–Crippen MR) is 150 cm³/mol. The molecule has 1 aliphatic carbocycles. The van der Waals surface area contributed by atoms with Gasteiger partial charge in [-0.05, 0) is 54.9 Å². The van der Waals surface area contributed by atoms with Crippen LogP contribution in [0.4, 0.5) is 0 Å². The molecule has 2 N–H and O–H groups in total. The number of rotatable bonds is 7. The Hall–Kier alpha value is -2.60. The number of ether oxygens (including phenoxy) is 1. The van der Waals surface area contributed by atoms with Crippen LogP contribution in [0.5, 0.6) is 5.75 Å². The fourth-order valence-corrected chi connectivity index (χ4v) is 6.75. The number of hydrogen-bond donors (Lipinski definition) is 2. The van der Waals surface area contributed by atoms with Gasteiger partial charge >= 0.3 is 0 Å². The molecule has 0 amide bonds. The normalized spacial score (nSPS) is 27.1. The molecule has 2 heterocycles. The molecule has 2 fully saturated rings. The van der Waals surface area contributed by atoms with Crippen LogP contribution in [0.2, 0.25) is 5.02 Å². The molecule has 1 spiro atoms. The molecule has 5 rings (SSSR count). The van der Waals surface area contributed by atoms with Gasteiger partial charge in [0.15, 0.2) is 0 Å². The highest BCUT2D eigenvalue weighted by Gasteiger charge is 2.63. The van der Waals surface area contributed by atoms with Crippen LogP contribution in [0.15, 0.2) is 66.4 Å². The molecule has 5 nitrogen and oxygen atoms in total. The number of aliphatic hydroxyl groups is 1. The summed E-state index contributed by atoms with van der Waals surface area (Å²) in [6, 6.07) is 13.8. The van der Waals surface area contributed by atoms with Crippen LogP contribution in [-0.2, 0) is 12.1 Å². The lowest BCUT2D eigenvalue weighted by Gasteiger charge is -2.47. The standard InChI is InChI=1S/C31H38ClN3O2/c1-5-21-12-13-23(17-28(21)37-4)30(2,36)35-16-14-31(26(20-35)22-9-8-15-34(3)19-22)18-25(31)29(33)24-10-6-7-11-27(24)32/h6-13,17,19,25-26,33,36H,5,14-16,18,20H2,1-4H3/t25?,26-,30?,31?/m1/s1. The molecular weight excluding hydrogens is 482 g/mol. The predicted octanol–water partition coefficient (Wildman–Crippen LogP) is 5.86. The van der Waals surface area contributed by atoms with Crippen LogP contribution in [0.1, 0.15) is 43.4 Å². The van der Waals surface area contributed by atoms with E-state index in [2.05, 4.69) is 48.2 Å². The lowest BCUT2D eigenvalue weighted by molar-refractivity contribution is -0.125. The highest BCUT2D eigenvalue weighted by molar-refractivity contribution is 6.34. The molecule has 196 valence electrons.